The maximum absolute atomic E-state index is 12.5. The number of phenolic OH excluding ortho intramolecular Hbond substituents is 1. The van der Waals surface area contributed by atoms with Gasteiger partial charge in [0.15, 0.2) is 17.3 Å². The van der Waals surface area contributed by atoms with Crippen molar-refractivity contribution in [3.8, 4) is 23.0 Å². The van der Waals surface area contributed by atoms with Crippen LogP contribution in [0, 0.1) is 0 Å². The Kier molecular flexibility index (Phi) is 5.25. The number of hydrogen-bond acceptors (Lipinski definition) is 5. The van der Waals surface area contributed by atoms with E-state index in [4.69, 9.17) is 14.2 Å². The summed E-state index contributed by atoms with van der Waals surface area (Å²) < 4.78 is 15.4. The number of methoxy groups -OCH3 is 3. The van der Waals surface area contributed by atoms with Crippen molar-refractivity contribution < 1.29 is 24.1 Å². The number of ketones is 1. The van der Waals surface area contributed by atoms with E-state index in [1.54, 1.807) is 6.08 Å². The number of allylic oxidation sites excluding steroid dienone is 1. The van der Waals surface area contributed by atoms with Crippen LogP contribution in [0.1, 0.15) is 15.9 Å². The predicted octanol–water partition coefficient (Wildman–Crippen LogP) is 3.31. The Labute approximate surface area is 134 Å². The molecule has 0 aliphatic heterocycles. The van der Waals surface area contributed by atoms with Gasteiger partial charge in [-0.1, -0.05) is 36.4 Å². The first-order chi connectivity index (χ1) is 11.1. The second-order valence-electron chi connectivity index (χ2n) is 4.65. The molecular formula is C18H18O5. The fraction of sp³-hybridized carbons (Fsp3) is 0.167. The van der Waals surface area contributed by atoms with Crippen LogP contribution in [0.15, 0.2) is 42.5 Å². The molecule has 0 amide bonds. The minimum Gasteiger partial charge on any atom is -0.504 e. The molecule has 0 atom stereocenters. The minimum absolute atomic E-state index is 0.0253. The van der Waals surface area contributed by atoms with Crippen LogP contribution >= 0.6 is 0 Å². The van der Waals surface area contributed by atoms with Crippen molar-refractivity contribution in [2.45, 2.75) is 0 Å². The summed E-state index contributed by atoms with van der Waals surface area (Å²) in [4.78, 5) is 12.5. The third-order valence-corrected chi connectivity index (χ3v) is 3.30. The maximum Gasteiger partial charge on any atom is 0.204 e. The molecule has 5 heteroatoms. The van der Waals surface area contributed by atoms with E-state index in [2.05, 4.69) is 0 Å². The average Bonchev–Trinajstić information content (AvgIpc) is 2.59. The molecule has 0 spiro atoms. The zero-order valence-corrected chi connectivity index (χ0v) is 13.2. The molecule has 2 aromatic rings. The molecule has 0 bridgehead atoms. The summed E-state index contributed by atoms with van der Waals surface area (Å²) in [6, 6.07) is 10.9. The van der Waals surface area contributed by atoms with Gasteiger partial charge in [0.1, 0.15) is 11.3 Å². The lowest BCUT2D eigenvalue weighted by molar-refractivity contribution is 0.104. The number of ether oxygens (including phenoxy) is 3. The lowest BCUT2D eigenvalue weighted by Gasteiger charge is -2.15. The number of benzene rings is 2. The van der Waals surface area contributed by atoms with Gasteiger partial charge in [-0.15, -0.1) is 0 Å². The minimum atomic E-state index is -0.399. The molecule has 120 valence electrons. The monoisotopic (exact) mass is 314 g/mol. The van der Waals surface area contributed by atoms with Gasteiger partial charge in [-0.25, -0.2) is 0 Å². The Morgan fingerprint density at radius 3 is 2.22 bits per heavy atom. The highest BCUT2D eigenvalue weighted by molar-refractivity contribution is 6.11. The Hall–Kier alpha value is -2.95. The lowest BCUT2D eigenvalue weighted by Crippen LogP contribution is -2.03. The van der Waals surface area contributed by atoms with Crippen LogP contribution in [-0.2, 0) is 0 Å². The molecule has 0 radical (unpaired) electrons. The smallest absolute Gasteiger partial charge is 0.204 e. The Balaban J connectivity index is 2.45. The molecular weight excluding hydrogens is 296 g/mol. The molecule has 2 aromatic carbocycles. The van der Waals surface area contributed by atoms with Crippen LogP contribution in [0.2, 0.25) is 0 Å². The van der Waals surface area contributed by atoms with E-state index in [1.165, 1.54) is 33.5 Å². The van der Waals surface area contributed by atoms with Gasteiger partial charge in [0.25, 0.3) is 0 Å². The zero-order chi connectivity index (χ0) is 16.8. The zero-order valence-electron chi connectivity index (χ0n) is 13.2. The topological polar surface area (TPSA) is 65.0 Å². The molecule has 0 aromatic heterocycles. The number of carbonyl (C=O) groups excluding carboxylic acids is 1. The van der Waals surface area contributed by atoms with Crippen molar-refractivity contribution in [3.63, 3.8) is 0 Å². The number of carbonyl (C=O) groups is 1. The van der Waals surface area contributed by atoms with Gasteiger partial charge < -0.3 is 19.3 Å². The van der Waals surface area contributed by atoms with Gasteiger partial charge in [0.05, 0.1) is 21.3 Å². The molecule has 1 N–H and O–H groups in total. The normalized spacial score (nSPS) is 10.6. The summed E-state index contributed by atoms with van der Waals surface area (Å²) in [6.45, 7) is 0. The molecule has 0 saturated carbocycles. The molecule has 0 fully saturated rings. The van der Waals surface area contributed by atoms with E-state index in [0.29, 0.717) is 0 Å². The Bertz CT molecular complexity index is 720. The quantitative estimate of drug-likeness (QED) is 0.654. The maximum atomic E-state index is 12.5. The van der Waals surface area contributed by atoms with Crippen molar-refractivity contribution in [2.75, 3.05) is 21.3 Å². The van der Waals surface area contributed by atoms with Crippen molar-refractivity contribution in [2.24, 2.45) is 0 Å². The molecule has 0 heterocycles. The second kappa shape index (κ2) is 7.35. The van der Waals surface area contributed by atoms with E-state index in [-0.39, 0.29) is 28.6 Å². The SMILES string of the molecule is COc1cc(OC)c(C(=O)/C=C/c2ccccc2)c(O)c1OC. The second-order valence-corrected chi connectivity index (χ2v) is 4.65. The number of phenols is 1. The van der Waals surface area contributed by atoms with Crippen molar-refractivity contribution >= 4 is 11.9 Å². The number of hydrogen-bond donors (Lipinski definition) is 1. The predicted molar refractivity (Wildman–Crippen MR) is 87.6 cm³/mol. The fourth-order valence-electron chi connectivity index (χ4n) is 2.17. The third-order valence-electron chi connectivity index (χ3n) is 3.30. The summed E-state index contributed by atoms with van der Waals surface area (Å²) in [7, 11) is 4.24. The molecule has 0 saturated heterocycles. The first-order valence-corrected chi connectivity index (χ1v) is 6.91. The summed E-state index contributed by atoms with van der Waals surface area (Å²) in [5.74, 6) is -0.131. The Morgan fingerprint density at radius 1 is 1.00 bits per heavy atom. The standard InChI is InChI=1S/C18H18O5/c1-21-14-11-15(22-2)18(23-3)17(20)16(14)13(19)10-9-12-7-5-4-6-8-12/h4-11,20H,1-3H3/b10-9+. The van der Waals surface area contributed by atoms with Crippen molar-refractivity contribution in [3.05, 3.63) is 53.6 Å². The molecule has 23 heavy (non-hydrogen) atoms. The first-order valence-electron chi connectivity index (χ1n) is 6.91. The molecule has 2 rings (SSSR count). The van der Waals surface area contributed by atoms with Gasteiger partial charge in [-0.05, 0) is 11.6 Å². The van der Waals surface area contributed by atoms with E-state index in [9.17, 15) is 9.90 Å². The molecule has 0 aliphatic rings. The average molecular weight is 314 g/mol. The van der Waals surface area contributed by atoms with Gasteiger partial charge in [0, 0.05) is 6.07 Å². The van der Waals surface area contributed by atoms with E-state index in [1.807, 2.05) is 30.3 Å². The molecule has 0 unspecified atom stereocenters. The summed E-state index contributed by atoms with van der Waals surface area (Å²) in [6.07, 6.45) is 3.04. The highest BCUT2D eigenvalue weighted by atomic mass is 16.5. The van der Waals surface area contributed by atoms with Gasteiger partial charge in [0.2, 0.25) is 5.75 Å². The summed E-state index contributed by atoms with van der Waals surface area (Å²) >= 11 is 0. The number of aromatic hydroxyl groups is 1. The van der Waals surface area contributed by atoms with Crippen LogP contribution < -0.4 is 14.2 Å². The summed E-state index contributed by atoms with van der Waals surface area (Å²) in [5.41, 5.74) is 0.900. The van der Waals surface area contributed by atoms with E-state index in [0.717, 1.165) is 5.56 Å². The van der Waals surface area contributed by atoms with Crippen LogP contribution in [-0.4, -0.2) is 32.2 Å². The van der Waals surface area contributed by atoms with Crippen molar-refractivity contribution in [1.82, 2.24) is 0 Å². The van der Waals surface area contributed by atoms with Gasteiger partial charge >= 0.3 is 0 Å². The number of rotatable bonds is 6. The Morgan fingerprint density at radius 2 is 1.65 bits per heavy atom. The molecule has 0 aliphatic carbocycles. The van der Waals surface area contributed by atoms with Gasteiger partial charge in [-0.3, -0.25) is 4.79 Å². The van der Waals surface area contributed by atoms with Crippen molar-refractivity contribution in [1.29, 1.82) is 0 Å². The van der Waals surface area contributed by atoms with E-state index < -0.39 is 5.78 Å². The van der Waals surface area contributed by atoms with Crippen LogP contribution in [0.4, 0.5) is 0 Å². The third kappa shape index (κ3) is 3.45. The van der Waals surface area contributed by atoms with Crippen LogP contribution in [0.25, 0.3) is 6.08 Å². The van der Waals surface area contributed by atoms with Crippen LogP contribution in [0.3, 0.4) is 0 Å². The summed E-state index contributed by atoms with van der Waals surface area (Å²) in [5, 5.41) is 10.3. The fourth-order valence-corrected chi connectivity index (χ4v) is 2.17. The lowest BCUT2D eigenvalue weighted by atomic mass is 10.1. The highest BCUT2D eigenvalue weighted by Gasteiger charge is 2.23. The van der Waals surface area contributed by atoms with Gasteiger partial charge in [-0.2, -0.15) is 0 Å². The first kappa shape index (κ1) is 16.4. The molecule has 5 nitrogen and oxygen atoms in total. The van der Waals surface area contributed by atoms with E-state index >= 15 is 0 Å². The largest absolute Gasteiger partial charge is 0.504 e. The highest BCUT2D eigenvalue weighted by Crippen LogP contribution is 2.44. The van der Waals surface area contributed by atoms with Crippen LogP contribution in [0.5, 0.6) is 23.0 Å².